The molecule has 1 heteroatoms. The molecule has 0 aliphatic heterocycles. The van der Waals surface area contributed by atoms with Crippen molar-refractivity contribution in [3.05, 3.63) is 127 Å². The van der Waals surface area contributed by atoms with Gasteiger partial charge in [-0.3, -0.25) is 0 Å². The SMILES string of the molecule is Cc1ccc(-n2c3ccccc3c3cccc(-c4ccccc4)c32)cc1-c1ccccc1. The Labute approximate surface area is 188 Å². The lowest BCUT2D eigenvalue weighted by atomic mass is 9.99. The van der Waals surface area contributed by atoms with Crippen molar-refractivity contribution in [3.63, 3.8) is 0 Å². The minimum Gasteiger partial charge on any atom is -0.309 e. The second-order valence-corrected chi connectivity index (χ2v) is 8.29. The minimum atomic E-state index is 1.18. The third-order valence-corrected chi connectivity index (χ3v) is 6.34. The summed E-state index contributed by atoms with van der Waals surface area (Å²) in [6.45, 7) is 2.19. The van der Waals surface area contributed by atoms with E-state index in [1.54, 1.807) is 0 Å². The number of hydrogen-bond donors (Lipinski definition) is 0. The summed E-state index contributed by atoms with van der Waals surface area (Å²) in [4.78, 5) is 0. The Hall–Kier alpha value is -4.10. The van der Waals surface area contributed by atoms with Gasteiger partial charge in [-0.05, 0) is 47.4 Å². The molecule has 0 aliphatic rings. The van der Waals surface area contributed by atoms with Crippen LogP contribution in [0.15, 0.2) is 121 Å². The number of benzene rings is 5. The topological polar surface area (TPSA) is 4.93 Å². The molecule has 0 spiro atoms. The molecule has 5 aromatic carbocycles. The first-order valence-corrected chi connectivity index (χ1v) is 11.1. The molecule has 0 amide bonds. The van der Waals surface area contributed by atoms with E-state index in [-0.39, 0.29) is 0 Å². The van der Waals surface area contributed by atoms with E-state index in [1.165, 1.54) is 55.3 Å². The van der Waals surface area contributed by atoms with Crippen molar-refractivity contribution in [3.8, 4) is 27.9 Å². The number of aryl methyl sites for hydroxylation is 1. The quantitative estimate of drug-likeness (QED) is 0.276. The Balaban J connectivity index is 1.72. The van der Waals surface area contributed by atoms with Gasteiger partial charge in [0.1, 0.15) is 0 Å². The maximum atomic E-state index is 2.43. The van der Waals surface area contributed by atoms with E-state index < -0.39 is 0 Å². The van der Waals surface area contributed by atoms with Gasteiger partial charge >= 0.3 is 0 Å². The van der Waals surface area contributed by atoms with Crippen LogP contribution in [0.1, 0.15) is 5.56 Å². The maximum Gasteiger partial charge on any atom is 0.0619 e. The van der Waals surface area contributed by atoms with E-state index in [1.807, 2.05) is 0 Å². The average Bonchev–Trinajstić information content (AvgIpc) is 3.20. The molecule has 1 aromatic heterocycles. The van der Waals surface area contributed by atoms with Crippen LogP contribution in [-0.2, 0) is 0 Å². The normalized spacial score (nSPS) is 11.3. The Morgan fingerprint density at radius 3 is 1.88 bits per heavy atom. The standard InChI is InChI=1S/C31H23N/c1-22-19-20-25(21-29(22)24-13-6-3-7-14-24)32-30-18-9-8-15-27(30)28-17-10-16-26(31(28)32)23-11-4-2-5-12-23/h2-21H,1H3. The monoisotopic (exact) mass is 409 g/mol. The van der Waals surface area contributed by atoms with Crippen LogP contribution in [0.25, 0.3) is 49.7 Å². The molecule has 0 N–H and O–H groups in total. The summed E-state index contributed by atoms with van der Waals surface area (Å²) >= 11 is 0. The largest absolute Gasteiger partial charge is 0.309 e. The van der Waals surface area contributed by atoms with Crippen molar-refractivity contribution < 1.29 is 0 Å². The highest BCUT2D eigenvalue weighted by molar-refractivity contribution is 6.13. The first-order valence-electron chi connectivity index (χ1n) is 11.1. The summed E-state index contributed by atoms with van der Waals surface area (Å²) in [6.07, 6.45) is 0. The van der Waals surface area contributed by atoms with Crippen LogP contribution in [0.2, 0.25) is 0 Å². The van der Waals surface area contributed by atoms with Crippen molar-refractivity contribution in [1.29, 1.82) is 0 Å². The van der Waals surface area contributed by atoms with Crippen molar-refractivity contribution in [2.24, 2.45) is 0 Å². The third kappa shape index (κ3) is 2.94. The van der Waals surface area contributed by atoms with E-state index in [0.717, 1.165) is 0 Å². The Bertz CT molecular complexity index is 1560. The molecule has 0 saturated heterocycles. The summed E-state index contributed by atoms with van der Waals surface area (Å²) in [6, 6.07) is 43.5. The van der Waals surface area contributed by atoms with Gasteiger partial charge in [-0.2, -0.15) is 0 Å². The van der Waals surface area contributed by atoms with E-state index in [2.05, 4.69) is 133 Å². The molecule has 1 nitrogen and oxygen atoms in total. The van der Waals surface area contributed by atoms with Crippen molar-refractivity contribution in [2.75, 3.05) is 0 Å². The molecule has 6 aromatic rings. The van der Waals surface area contributed by atoms with Crippen LogP contribution in [-0.4, -0.2) is 4.57 Å². The molecule has 1 heterocycles. The predicted molar refractivity (Wildman–Crippen MR) is 136 cm³/mol. The Morgan fingerprint density at radius 1 is 0.500 bits per heavy atom. The van der Waals surface area contributed by atoms with Gasteiger partial charge in [0.15, 0.2) is 0 Å². The van der Waals surface area contributed by atoms with E-state index in [4.69, 9.17) is 0 Å². The summed E-state index contributed by atoms with van der Waals surface area (Å²) < 4.78 is 2.43. The lowest BCUT2D eigenvalue weighted by Crippen LogP contribution is -1.97. The van der Waals surface area contributed by atoms with Crippen LogP contribution < -0.4 is 0 Å². The van der Waals surface area contributed by atoms with Crippen LogP contribution in [0.5, 0.6) is 0 Å². The van der Waals surface area contributed by atoms with Crippen molar-refractivity contribution >= 4 is 21.8 Å². The summed E-state index contributed by atoms with van der Waals surface area (Å²) in [5, 5.41) is 2.56. The molecular formula is C31H23N. The van der Waals surface area contributed by atoms with Crippen LogP contribution >= 0.6 is 0 Å². The van der Waals surface area contributed by atoms with Gasteiger partial charge in [-0.1, -0.05) is 103 Å². The zero-order valence-corrected chi connectivity index (χ0v) is 18.0. The second-order valence-electron chi connectivity index (χ2n) is 8.29. The van der Waals surface area contributed by atoms with Gasteiger partial charge in [-0.15, -0.1) is 0 Å². The highest BCUT2D eigenvalue weighted by Crippen LogP contribution is 2.38. The molecule has 0 unspecified atom stereocenters. The van der Waals surface area contributed by atoms with Gasteiger partial charge in [0.2, 0.25) is 0 Å². The molecule has 0 atom stereocenters. The van der Waals surface area contributed by atoms with E-state index in [9.17, 15) is 0 Å². The fraction of sp³-hybridized carbons (Fsp3) is 0.0323. The van der Waals surface area contributed by atoms with E-state index in [0.29, 0.717) is 0 Å². The second kappa shape index (κ2) is 7.55. The Morgan fingerprint density at radius 2 is 1.12 bits per heavy atom. The van der Waals surface area contributed by atoms with Crippen LogP contribution in [0.4, 0.5) is 0 Å². The number of rotatable bonds is 3. The lowest BCUT2D eigenvalue weighted by molar-refractivity contribution is 1.18. The summed E-state index contributed by atoms with van der Waals surface area (Å²) in [5.74, 6) is 0. The fourth-order valence-corrected chi connectivity index (χ4v) is 4.82. The van der Waals surface area contributed by atoms with Crippen molar-refractivity contribution in [2.45, 2.75) is 6.92 Å². The number of aromatic nitrogens is 1. The van der Waals surface area contributed by atoms with Gasteiger partial charge in [-0.25, -0.2) is 0 Å². The summed E-state index contributed by atoms with van der Waals surface area (Å²) in [5.41, 5.74) is 9.95. The molecule has 0 radical (unpaired) electrons. The number of hydrogen-bond acceptors (Lipinski definition) is 0. The highest BCUT2D eigenvalue weighted by Gasteiger charge is 2.16. The number of nitrogens with zero attached hydrogens (tertiary/aromatic N) is 1. The van der Waals surface area contributed by atoms with Crippen molar-refractivity contribution in [1.82, 2.24) is 4.57 Å². The summed E-state index contributed by atoms with van der Waals surface area (Å²) in [7, 11) is 0. The molecule has 152 valence electrons. The minimum absolute atomic E-state index is 1.18. The van der Waals surface area contributed by atoms with Gasteiger partial charge in [0.25, 0.3) is 0 Å². The van der Waals surface area contributed by atoms with E-state index >= 15 is 0 Å². The molecule has 6 rings (SSSR count). The molecule has 0 bridgehead atoms. The van der Waals surface area contributed by atoms with Gasteiger partial charge < -0.3 is 4.57 Å². The first-order chi connectivity index (χ1) is 15.8. The number of fused-ring (bicyclic) bond motifs is 3. The molecular weight excluding hydrogens is 386 g/mol. The lowest BCUT2D eigenvalue weighted by Gasteiger charge is -2.14. The average molecular weight is 410 g/mol. The van der Waals surface area contributed by atoms with Crippen LogP contribution in [0, 0.1) is 6.92 Å². The fourth-order valence-electron chi connectivity index (χ4n) is 4.82. The molecule has 0 saturated carbocycles. The molecule has 0 fully saturated rings. The zero-order chi connectivity index (χ0) is 21.5. The smallest absolute Gasteiger partial charge is 0.0619 e. The zero-order valence-electron chi connectivity index (χ0n) is 18.0. The molecule has 0 aliphatic carbocycles. The highest BCUT2D eigenvalue weighted by atomic mass is 15.0. The number of para-hydroxylation sites is 2. The van der Waals surface area contributed by atoms with Gasteiger partial charge in [0, 0.05) is 22.0 Å². The third-order valence-electron chi connectivity index (χ3n) is 6.34. The van der Waals surface area contributed by atoms with Gasteiger partial charge in [0.05, 0.1) is 11.0 Å². The maximum absolute atomic E-state index is 2.43. The molecule has 32 heavy (non-hydrogen) atoms. The predicted octanol–water partition coefficient (Wildman–Crippen LogP) is 8.43. The first kappa shape index (κ1) is 18.7. The Kier molecular flexibility index (Phi) is 4.40. The van der Waals surface area contributed by atoms with Crippen LogP contribution in [0.3, 0.4) is 0 Å².